The van der Waals surface area contributed by atoms with E-state index in [1.165, 1.54) is 37.0 Å². The lowest BCUT2D eigenvalue weighted by atomic mass is 9.84. The van der Waals surface area contributed by atoms with Crippen LogP contribution in [0.1, 0.15) is 57.4 Å². The third-order valence-corrected chi connectivity index (χ3v) is 7.97. The van der Waals surface area contributed by atoms with E-state index in [1.54, 1.807) is 26.0 Å². The van der Waals surface area contributed by atoms with Crippen LogP contribution in [0.4, 0.5) is 4.39 Å². The van der Waals surface area contributed by atoms with Crippen molar-refractivity contribution in [1.29, 1.82) is 0 Å². The number of benzene rings is 2. The third kappa shape index (κ3) is 3.37. The molecule has 0 amide bonds. The minimum absolute atomic E-state index is 0.224. The minimum Gasteiger partial charge on any atom is -0.455 e. The summed E-state index contributed by atoms with van der Waals surface area (Å²) in [4.78, 5) is 0.224. The van der Waals surface area contributed by atoms with E-state index in [4.69, 9.17) is 4.42 Å². The van der Waals surface area contributed by atoms with Gasteiger partial charge in [0.05, 0.1) is 5.25 Å². The summed E-state index contributed by atoms with van der Waals surface area (Å²) >= 11 is 0. The first-order valence-corrected chi connectivity index (χ1v) is 11.5. The van der Waals surface area contributed by atoms with Crippen LogP contribution in [0.3, 0.4) is 0 Å². The molecular formula is C23H25FO3S. The quantitative estimate of drug-likeness (QED) is 0.504. The molecule has 0 bridgehead atoms. The summed E-state index contributed by atoms with van der Waals surface area (Å²) in [5, 5.41) is 0.0573. The summed E-state index contributed by atoms with van der Waals surface area (Å²) in [5.74, 6) is 0.397. The highest BCUT2D eigenvalue weighted by Gasteiger charge is 2.30. The molecule has 3 nitrogen and oxygen atoms in total. The Morgan fingerprint density at radius 2 is 1.68 bits per heavy atom. The molecule has 1 aliphatic rings. The molecule has 0 aliphatic heterocycles. The van der Waals surface area contributed by atoms with Gasteiger partial charge in [0.25, 0.3) is 0 Å². The molecule has 0 N–H and O–H groups in total. The Kier molecular flexibility index (Phi) is 5.04. The van der Waals surface area contributed by atoms with Gasteiger partial charge in [0.1, 0.15) is 16.3 Å². The number of halogens is 1. The lowest BCUT2D eigenvalue weighted by molar-refractivity contribution is 0.444. The Hall–Kier alpha value is -2.14. The molecule has 28 heavy (non-hydrogen) atoms. The fraction of sp³-hybridized carbons (Fsp3) is 0.391. The zero-order valence-corrected chi connectivity index (χ0v) is 17.1. The summed E-state index contributed by atoms with van der Waals surface area (Å²) in [5.41, 5.74) is 2.30. The molecule has 1 saturated carbocycles. The summed E-state index contributed by atoms with van der Waals surface area (Å²) in [7, 11) is -3.58. The number of hydrogen-bond donors (Lipinski definition) is 0. The fourth-order valence-electron chi connectivity index (χ4n) is 4.09. The van der Waals surface area contributed by atoms with E-state index >= 15 is 0 Å². The molecule has 0 spiro atoms. The van der Waals surface area contributed by atoms with Crippen LogP contribution >= 0.6 is 0 Å². The molecule has 148 valence electrons. The summed E-state index contributed by atoms with van der Waals surface area (Å²) in [6.45, 7) is 3.35. The molecule has 3 aromatic rings. The van der Waals surface area contributed by atoms with E-state index < -0.39 is 15.1 Å². The lowest BCUT2D eigenvalue weighted by Gasteiger charge is -2.22. The van der Waals surface area contributed by atoms with Crippen LogP contribution in [0.25, 0.3) is 22.3 Å². The summed E-state index contributed by atoms with van der Waals surface area (Å²) in [6, 6.07) is 11.7. The Morgan fingerprint density at radius 3 is 2.32 bits per heavy atom. The lowest BCUT2D eigenvalue weighted by Crippen LogP contribution is -2.14. The number of fused-ring (bicyclic) bond motifs is 1. The smallest absolute Gasteiger partial charge is 0.185 e. The molecule has 0 atom stereocenters. The van der Waals surface area contributed by atoms with Gasteiger partial charge in [0.15, 0.2) is 15.6 Å². The van der Waals surface area contributed by atoms with Crippen molar-refractivity contribution >= 4 is 20.8 Å². The molecule has 1 aliphatic carbocycles. The van der Waals surface area contributed by atoms with E-state index in [-0.39, 0.29) is 10.7 Å². The zero-order valence-electron chi connectivity index (χ0n) is 16.2. The fourth-order valence-corrected chi connectivity index (χ4v) is 5.45. The van der Waals surface area contributed by atoms with Crippen molar-refractivity contribution in [2.75, 3.05) is 0 Å². The molecule has 0 radical (unpaired) electrons. The van der Waals surface area contributed by atoms with Gasteiger partial charge in [-0.2, -0.15) is 0 Å². The molecule has 0 unspecified atom stereocenters. The highest BCUT2D eigenvalue weighted by Crippen LogP contribution is 2.41. The molecule has 1 fully saturated rings. The molecular weight excluding hydrogens is 375 g/mol. The summed E-state index contributed by atoms with van der Waals surface area (Å²) < 4.78 is 45.8. The van der Waals surface area contributed by atoms with Crippen molar-refractivity contribution in [2.24, 2.45) is 0 Å². The van der Waals surface area contributed by atoms with Gasteiger partial charge in [-0.15, -0.1) is 0 Å². The van der Waals surface area contributed by atoms with Crippen molar-refractivity contribution < 1.29 is 17.2 Å². The highest BCUT2D eigenvalue weighted by atomic mass is 32.2. The number of rotatable bonds is 4. The van der Waals surface area contributed by atoms with Crippen molar-refractivity contribution in [3.05, 3.63) is 53.8 Å². The first-order chi connectivity index (χ1) is 13.4. The Bertz CT molecular complexity index is 1090. The maximum Gasteiger partial charge on any atom is 0.185 e. The van der Waals surface area contributed by atoms with Gasteiger partial charge in [0.2, 0.25) is 0 Å². The average Bonchev–Trinajstić information content (AvgIpc) is 3.08. The van der Waals surface area contributed by atoms with Crippen LogP contribution in [0.5, 0.6) is 0 Å². The highest BCUT2D eigenvalue weighted by molar-refractivity contribution is 7.92. The second kappa shape index (κ2) is 7.36. The van der Waals surface area contributed by atoms with Crippen LogP contribution < -0.4 is 0 Å². The number of furan rings is 1. The van der Waals surface area contributed by atoms with E-state index in [1.807, 2.05) is 12.1 Å². The SMILES string of the molecule is CC(C)S(=O)(=O)c1c(-c2ccc(F)cc2)oc2ccc(C3CCCCC3)cc12. The van der Waals surface area contributed by atoms with E-state index in [9.17, 15) is 12.8 Å². The van der Waals surface area contributed by atoms with Gasteiger partial charge in [-0.05, 0) is 74.6 Å². The van der Waals surface area contributed by atoms with E-state index in [0.717, 1.165) is 12.8 Å². The zero-order chi connectivity index (χ0) is 19.9. The van der Waals surface area contributed by atoms with Crippen LogP contribution in [0.2, 0.25) is 0 Å². The normalized spacial score (nSPS) is 16.1. The van der Waals surface area contributed by atoms with Gasteiger partial charge in [0, 0.05) is 10.9 Å². The van der Waals surface area contributed by atoms with Crippen LogP contribution in [-0.2, 0) is 9.84 Å². The first-order valence-electron chi connectivity index (χ1n) is 9.94. The van der Waals surface area contributed by atoms with Gasteiger partial charge in [-0.3, -0.25) is 0 Å². The van der Waals surface area contributed by atoms with Gasteiger partial charge < -0.3 is 4.42 Å². The van der Waals surface area contributed by atoms with Crippen LogP contribution in [0, 0.1) is 5.82 Å². The third-order valence-electron chi connectivity index (χ3n) is 5.75. The van der Waals surface area contributed by atoms with Crippen molar-refractivity contribution in [2.45, 2.75) is 62.0 Å². The first kappa shape index (κ1) is 19.2. The predicted molar refractivity (Wildman–Crippen MR) is 110 cm³/mol. The largest absolute Gasteiger partial charge is 0.455 e. The second-order valence-electron chi connectivity index (χ2n) is 7.95. The summed E-state index contributed by atoms with van der Waals surface area (Å²) in [6.07, 6.45) is 5.98. The van der Waals surface area contributed by atoms with Crippen molar-refractivity contribution in [1.82, 2.24) is 0 Å². The maximum absolute atomic E-state index is 13.4. The number of sulfone groups is 1. The Balaban J connectivity index is 1.94. The molecule has 2 aromatic carbocycles. The van der Waals surface area contributed by atoms with Gasteiger partial charge in [-0.1, -0.05) is 25.3 Å². The monoisotopic (exact) mass is 400 g/mol. The number of hydrogen-bond acceptors (Lipinski definition) is 3. The van der Waals surface area contributed by atoms with Crippen LogP contribution in [0.15, 0.2) is 51.8 Å². The molecule has 0 saturated heterocycles. The molecule has 4 rings (SSSR count). The second-order valence-corrected chi connectivity index (χ2v) is 10.4. The Morgan fingerprint density at radius 1 is 1.00 bits per heavy atom. The minimum atomic E-state index is -3.58. The molecule has 1 aromatic heterocycles. The molecule has 5 heteroatoms. The van der Waals surface area contributed by atoms with Crippen molar-refractivity contribution in [3.63, 3.8) is 0 Å². The van der Waals surface area contributed by atoms with Gasteiger partial charge in [-0.25, -0.2) is 12.8 Å². The Labute approximate surface area is 165 Å². The van der Waals surface area contributed by atoms with Crippen molar-refractivity contribution in [3.8, 4) is 11.3 Å². The van der Waals surface area contributed by atoms with Crippen LogP contribution in [-0.4, -0.2) is 13.7 Å². The topological polar surface area (TPSA) is 47.3 Å². The van der Waals surface area contributed by atoms with E-state index in [0.29, 0.717) is 28.2 Å². The molecule has 1 heterocycles. The average molecular weight is 401 g/mol. The standard InChI is InChI=1S/C23H25FO3S/c1-15(2)28(25,26)23-20-14-18(16-6-4-3-5-7-16)10-13-21(20)27-22(23)17-8-11-19(24)12-9-17/h8-16H,3-7H2,1-2H3. The van der Waals surface area contributed by atoms with Gasteiger partial charge >= 0.3 is 0 Å². The maximum atomic E-state index is 13.4. The van der Waals surface area contributed by atoms with E-state index in [2.05, 4.69) is 6.07 Å². The predicted octanol–water partition coefficient (Wildman–Crippen LogP) is 6.47.